The molecule has 0 spiro atoms. The second-order valence-electron chi connectivity index (χ2n) is 4.80. The van der Waals surface area contributed by atoms with E-state index in [4.69, 9.17) is 0 Å². The number of nitrogens with one attached hydrogen (secondary N) is 2. The minimum absolute atomic E-state index is 0.0941. The van der Waals surface area contributed by atoms with Crippen LogP contribution >= 0.6 is 22.7 Å². The molecule has 0 saturated heterocycles. The maximum absolute atomic E-state index is 12.1. The van der Waals surface area contributed by atoms with Crippen molar-refractivity contribution >= 4 is 55.3 Å². The molecular formula is C15H14N4OS2. The third-order valence-electron chi connectivity index (χ3n) is 2.77. The highest BCUT2D eigenvalue weighted by molar-refractivity contribution is 7.22. The molecule has 3 rings (SSSR count). The topological polar surface area (TPSA) is 66.4 Å². The minimum Gasteiger partial charge on any atom is -0.321 e. The number of aromatic nitrogens is 1. The molecule has 1 amide bonds. The van der Waals surface area contributed by atoms with E-state index in [0.717, 1.165) is 26.7 Å². The van der Waals surface area contributed by atoms with Crippen LogP contribution in [0.4, 0.5) is 10.8 Å². The average molecular weight is 330 g/mol. The van der Waals surface area contributed by atoms with Crippen LogP contribution in [0.1, 0.15) is 23.5 Å². The van der Waals surface area contributed by atoms with Crippen LogP contribution in [0.5, 0.6) is 0 Å². The van der Waals surface area contributed by atoms with Crippen LogP contribution in [-0.4, -0.2) is 16.6 Å². The number of rotatable bonds is 4. The van der Waals surface area contributed by atoms with E-state index in [1.807, 2.05) is 43.5 Å². The maximum atomic E-state index is 12.1. The van der Waals surface area contributed by atoms with Gasteiger partial charge < -0.3 is 5.32 Å². The molecule has 112 valence electrons. The molecule has 0 atom stereocenters. The molecule has 2 heterocycles. The van der Waals surface area contributed by atoms with Gasteiger partial charge in [0, 0.05) is 11.4 Å². The van der Waals surface area contributed by atoms with E-state index in [9.17, 15) is 4.79 Å². The van der Waals surface area contributed by atoms with E-state index in [0.29, 0.717) is 4.88 Å². The van der Waals surface area contributed by atoms with Crippen molar-refractivity contribution in [3.8, 4) is 0 Å². The van der Waals surface area contributed by atoms with Crippen LogP contribution in [0, 0.1) is 0 Å². The van der Waals surface area contributed by atoms with E-state index in [1.165, 1.54) is 22.7 Å². The Kier molecular flexibility index (Phi) is 4.17. The molecule has 0 aliphatic rings. The zero-order valence-electron chi connectivity index (χ0n) is 12.1. The SMILES string of the molecule is CC(C)=NNc1nc2ccc(NC(=O)c3cccs3)cc2s1. The second-order valence-corrected chi connectivity index (χ2v) is 6.78. The van der Waals surface area contributed by atoms with Crippen LogP contribution in [0.2, 0.25) is 0 Å². The maximum Gasteiger partial charge on any atom is 0.265 e. The molecule has 3 aromatic rings. The first-order chi connectivity index (χ1) is 10.6. The Morgan fingerprint density at radius 1 is 1.27 bits per heavy atom. The second kappa shape index (κ2) is 6.25. The van der Waals surface area contributed by atoms with Crippen molar-refractivity contribution in [2.24, 2.45) is 5.10 Å². The molecule has 0 aliphatic heterocycles. The summed E-state index contributed by atoms with van der Waals surface area (Å²) in [5.41, 5.74) is 5.50. The van der Waals surface area contributed by atoms with Crippen molar-refractivity contribution in [3.63, 3.8) is 0 Å². The summed E-state index contributed by atoms with van der Waals surface area (Å²) in [6.07, 6.45) is 0. The van der Waals surface area contributed by atoms with Gasteiger partial charge in [-0.05, 0) is 43.5 Å². The van der Waals surface area contributed by atoms with Crippen LogP contribution < -0.4 is 10.7 Å². The fourth-order valence-electron chi connectivity index (χ4n) is 1.81. The average Bonchev–Trinajstić information content (AvgIpc) is 3.13. The molecular weight excluding hydrogens is 316 g/mol. The van der Waals surface area contributed by atoms with Crippen LogP contribution in [0.3, 0.4) is 0 Å². The number of fused-ring (bicyclic) bond motifs is 1. The monoisotopic (exact) mass is 330 g/mol. The van der Waals surface area contributed by atoms with E-state index >= 15 is 0 Å². The first-order valence-corrected chi connectivity index (χ1v) is 8.34. The van der Waals surface area contributed by atoms with Gasteiger partial charge in [-0.15, -0.1) is 11.3 Å². The quantitative estimate of drug-likeness (QED) is 0.550. The number of hydrogen-bond donors (Lipinski definition) is 2. The predicted octanol–water partition coefficient (Wildman–Crippen LogP) is 4.42. The molecule has 2 N–H and O–H groups in total. The summed E-state index contributed by atoms with van der Waals surface area (Å²) in [6.45, 7) is 3.83. The predicted molar refractivity (Wildman–Crippen MR) is 94.3 cm³/mol. The summed E-state index contributed by atoms with van der Waals surface area (Å²) in [6, 6.07) is 9.33. The van der Waals surface area contributed by atoms with Gasteiger partial charge in [0.1, 0.15) is 0 Å². The van der Waals surface area contributed by atoms with E-state index in [1.54, 1.807) is 6.07 Å². The van der Waals surface area contributed by atoms with E-state index < -0.39 is 0 Å². The van der Waals surface area contributed by atoms with Gasteiger partial charge in [0.05, 0.1) is 15.1 Å². The number of carbonyl (C=O) groups excluding carboxylic acids is 1. The lowest BCUT2D eigenvalue weighted by molar-refractivity contribution is 0.103. The summed E-state index contributed by atoms with van der Waals surface area (Å²) in [5.74, 6) is -0.0941. The van der Waals surface area contributed by atoms with Crippen LogP contribution in [0.15, 0.2) is 40.8 Å². The Morgan fingerprint density at radius 3 is 2.86 bits per heavy atom. The lowest BCUT2D eigenvalue weighted by Crippen LogP contribution is -2.09. The fraction of sp³-hybridized carbons (Fsp3) is 0.133. The first-order valence-electron chi connectivity index (χ1n) is 6.64. The van der Waals surface area contributed by atoms with Crippen molar-refractivity contribution in [1.29, 1.82) is 0 Å². The molecule has 0 fully saturated rings. The van der Waals surface area contributed by atoms with Crippen molar-refractivity contribution < 1.29 is 4.79 Å². The van der Waals surface area contributed by atoms with E-state index in [-0.39, 0.29) is 5.91 Å². The third-order valence-corrected chi connectivity index (χ3v) is 4.56. The van der Waals surface area contributed by atoms with Crippen molar-refractivity contribution in [2.45, 2.75) is 13.8 Å². The fourth-order valence-corrected chi connectivity index (χ4v) is 3.28. The van der Waals surface area contributed by atoms with E-state index in [2.05, 4.69) is 20.8 Å². The van der Waals surface area contributed by atoms with Crippen LogP contribution in [-0.2, 0) is 0 Å². The standard InChI is InChI=1S/C15H14N4OS2/c1-9(2)18-19-15-17-11-6-5-10(8-13(11)22-15)16-14(20)12-4-3-7-21-12/h3-8H,1-2H3,(H,16,20)(H,17,19). The summed E-state index contributed by atoms with van der Waals surface area (Å²) >= 11 is 2.92. The molecule has 0 saturated carbocycles. The van der Waals surface area contributed by atoms with Gasteiger partial charge in [-0.25, -0.2) is 4.98 Å². The molecule has 7 heteroatoms. The summed E-state index contributed by atoms with van der Waals surface area (Å²) in [5, 5.41) is 9.66. The number of amides is 1. The van der Waals surface area contributed by atoms with Gasteiger partial charge in [0.15, 0.2) is 0 Å². The molecule has 0 unspecified atom stereocenters. The summed E-state index contributed by atoms with van der Waals surface area (Å²) < 4.78 is 0.996. The van der Waals surface area contributed by atoms with Gasteiger partial charge in [0.2, 0.25) is 5.13 Å². The van der Waals surface area contributed by atoms with Crippen molar-refractivity contribution in [3.05, 3.63) is 40.6 Å². The van der Waals surface area contributed by atoms with Gasteiger partial charge in [-0.3, -0.25) is 10.2 Å². The van der Waals surface area contributed by atoms with Gasteiger partial charge in [-0.2, -0.15) is 5.10 Å². The molecule has 0 aliphatic carbocycles. The summed E-state index contributed by atoms with van der Waals surface area (Å²) in [7, 11) is 0. The van der Waals surface area contributed by atoms with Crippen molar-refractivity contribution in [1.82, 2.24) is 4.98 Å². The van der Waals surface area contributed by atoms with Crippen LogP contribution in [0.25, 0.3) is 10.2 Å². The highest BCUT2D eigenvalue weighted by Crippen LogP contribution is 2.28. The number of benzene rings is 1. The highest BCUT2D eigenvalue weighted by Gasteiger charge is 2.09. The molecule has 0 radical (unpaired) electrons. The lowest BCUT2D eigenvalue weighted by atomic mass is 10.3. The number of thiophene rings is 1. The number of thiazole rings is 1. The molecule has 22 heavy (non-hydrogen) atoms. The smallest absolute Gasteiger partial charge is 0.265 e. The minimum atomic E-state index is -0.0941. The highest BCUT2D eigenvalue weighted by atomic mass is 32.1. The zero-order chi connectivity index (χ0) is 15.5. The van der Waals surface area contributed by atoms with Gasteiger partial charge >= 0.3 is 0 Å². The number of nitrogens with zero attached hydrogens (tertiary/aromatic N) is 2. The third kappa shape index (κ3) is 3.32. The number of anilines is 2. The molecule has 1 aromatic carbocycles. The molecule has 2 aromatic heterocycles. The largest absolute Gasteiger partial charge is 0.321 e. The zero-order valence-corrected chi connectivity index (χ0v) is 13.7. The first kappa shape index (κ1) is 14.7. The Labute approximate surface area is 135 Å². The van der Waals surface area contributed by atoms with Crippen molar-refractivity contribution in [2.75, 3.05) is 10.7 Å². The number of carbonyl (C=O) groups is 1. The van der Waals surface area contributed by atoms with Gasteiger partial charge in [0.25, 0.3) is 5.91 Å². The number of hydrazone groups is 1. The lowest BCUT2D eigenvalue weighted by Gasteiger charge is -2.02. The number of hydrogen-bond acceptors (Lipinski definition) is 6. The molecule has 5 nitrogen and oxygen atoms in total. The normalized spacial score (nSPS) is 10.5. The summed E-state index contributed by atoms with van der Waals surface area (Å²) in [4.78, 5) is 17.2. The Bertz CT molecular complexity index is 832. The Hall–Kier alpha value is -2.25. The van der Waals surface area contributed by atoms with Gasteiger partial charge in [-0.1, -0.05) is 17.4 Å². The Morgan fingerprint density at radius 2 is 2.14 bits per heavy atom. The molecule has 0 bridgehead atoms. The Balaban J connectivity index is 1.80.